The lowest BCUT2D eigenvalue weighted by molar-refractivity contribution is 0.650. The second-order valence-electron chi connectivity index (χ2n) is 4.32. The summed E-state index contributed by atoms with van der Waals surface area (Å²) < 4.78 is 1.39. The number of aryl methyl sites for hydroxylation is 1. The molecule has 0 bridgehead atoms. The zero-order valence-electron chi connectivity index (χ0n) is 9.58. The van der Waals surface area contributed by atoms with Crippen molar-refractivity contribution in [3.63, 3.8) is 0 Å². The fourth-order valence-electron chi connectivity index (χ4n) is 1.80. The van der Waals surface area contributed by atoms with Gasteiger partial charge in [0.15, 0.2) is 0 Å². The molecule has 0 spiro atoms. The summed E-state index contributed by atoms with van der Waals surface area (Å²) in [5.41, 5.74) is 2.63. The molecule has 2 rings (SSSR count). The van der Waals surface area contributed by atoms with Gasteiger partial charge in [0.2, 0.25) is 0 Å². The first-order valence-corrected chi connectivity index (χ1v) is 6.39. The highest BCUT2D eigenvalue weighted by atomic mass is 32.1. The van der Waals surface area contributed by atoms with Crippen LogP contribution in [0, 0.1) is 5.92 Å². The smallest absolute Gasteiger partial charge is 0.0935 e. The van der Waals surface area contributed by atoms with E-state index in [9.17, 15) is 0 Å². The molecule has 0 radical (unpaired) electrons. The zero-order chi connectivity index (χ0) is 10.8. The first kappa shape index (κ1) is 10.6. The molecule has 0 fully saturated rings. The van der Waals surface area contributed by atoms with Crippen molar-refractivity contribution in [2.75, 3.05) is 0 Å². The largest absolute Gasteiger partial charge is 0.241 e. The van der Waals surface area contributed by atoms with Gasteiger partial charge in [-0.15, -0.1) is 11.3 Å². The van der Waals surface area contributed by atoms with Gasteiger partial charge in [0, 0.05) is 0 Å². The molecule has 0 saturated carbocycles. The molecule has 0 unspecified atom stereocenters. The summed E-state index contributed by atoms with van der Waals surface area (Å²) >= 11 is 1.85. The number of fused-ring (bicyclic) bond motifs is 1. The van der Waals surface area contributed by atoms with E-state index in [1.54, 1.807) is 0 Å². The van der Waals surface area contributed by atoms with E-state index in [0.29, 0.717) is 5.92 Å². The lowest BCUT2D eigenvalue weighted by Crippen LogP contribution is -1.93. The Morgan fingerprint density at radius 1 is 1.33 bits per heavy atom. The fraction of sp³-hybridized carbons (Fsp3) is 0.462. The molecule has 1 aromatic carbocycles. The van der Waals surface area contributed by atoms with E-state index in [-0.39, 0.29) is 0 Å². The Hall–Kier alpha value is -0.890. The van der Waals surface area contributed by atoms with Crippen LogP contribution in [0.15, 0.2) is 18.2 Å². The van der Waals surface area contributed by atoms with Crippen LogP contribution >= 0.6 is 11.3 Å². The Kier molecular flexibility index (Phi) is 3.06. The number of aromatic nitrogens is 1. The lowest BCUT2D eigenvalue weighted by Gasteiger charge is -2.04. The third-order valence-corrected chi connectivity index (χ3v) is 3.76. The van der Waals surface area contributed by atoms with Crippen LogP contribution in [-0.2, 0) is 12.8 Å². The molecule has 1 nitrogen and oxygen atoms in total. The van der Waals surface area contributed by atoms with Gasteiger partial charge in [-0.2, -0.15) is 0 Å². The second-order valence-corrected chi connectivity index (χ2v) is 5.41. The molecular weight excluding hydrogens is 202 g/mol. The summed E-state index contributed by atoms with van der Waals surface area (Å²) in [6, 6.07) is 6.48. The van der Waals surface area contributed by atoms with Crippen molar-refractivity contribution >= 4 is 21.6 Å². The molecule has 0 aliphatic rings. The van der Waals surface area contributed by atoms with Crippen LogP contribution in [0.25, 0.3) is 10.2 Å². The molecule has 80 valence electrons. The van der Waals surface area contributed by atoms with E-state index in [1.807, 2.05) is 11.3 Å². The van der Waals surface area contributed by atoms with Gasteiger partial charge in [0.1, 0.15) is 0 Å². The molecule has 1 heterocycles. The van der Waals surface area contributed by atoms with Crippen molar-refractivity contribution in [1.82, 2.24) is 4.98 Å². The molecule has 0 atom stereocenters. The molecule has 0 aliphatic heterocycles. The van der Waals surface area contributed by atoms with Gasteiger partial charge in [-0.25, -0.2) is 4.98 Å². The van der Waals surface area contributed by atoms with Crippen LogP contribution in [0.4, 0.5) is 0 Å². The first-order valence-electron chi connectivity index (χ1n) is 5.58. The highest BCUT2D eigenvalue weighted by Gasteiger charge is 2.07. The summed E-state index contributed by atoms with van der Waals surface area (Å²) in [5, 5.41) is 1.25. The second kappa shape index (κ2) is 4.31. The minimum absolute atomic E-state index is 0.711. The SMILES string of the molecule is CCc1nc2cccc(CC(C)C)c2s1. The first-order chi connectivity index (χ1) is 7.20. The minimum Gasteiger partial charge on any atom is -0.241 e. The van der Waals surface area contributed by atoms with Gasteiger partial charge in [-0.05, 0) is 30.4 Å². The van der Waals surface area contributed by atoms with Crippen LogP contribution in [-0.4, -0.2) is 4.98 Å². The predicted octanol–water partition coefficient (Wildman–Crippen LogP) is 4.06. The average Bonchev–Trinajstić information content (AvgIpc) is 2.61. The molecule has 0 saturated heterocycles. The standard InChI is InChI=1S/C13H17NS/c1-4-12-14-11-7-5-6-10(8-9(2)3)13(11)15-12/h5-7,9H,4,8H2,1-3H3. The van der Waals surface area contributed by atoms with Gasteiger partial charge in [0.25, 0.3) is 0 Å². The lowest BCUT2D eigenvalue weighted by atomic mass is 10.0. The topological polar surface area (TPSA) is 12.9 Å². The number of rotatable bonds is 3. The quantitative estimate of drug-likeness (QED) is 0.758. The van der Waals surface area contributed by atoms with Gasteiger partial charge >= 0.3 is 0 Å². The molecule has 1 aromatic heterocycles. The van der Waals surface area contributed by atoms with Crippen molar-refractivity contribution in [1.29, 1.82) is 0 Å². The van der Waals surface area contributed by atoms with Crippen molar-refractivity contribution in [3.05, 3.63) is 28.8 Å². The van der Waals surface area contributed by atoms with Crippen molar-refractivity contribution in [2.24, 2.45) is 5.92 Å². The monoisotopic (exact) mass is 219 g/mol. The number of hydrogen-bond donors (Lipinski definition) is 0. The van der Waals surface area contributed by atoms with Gasteiger partial charge < -0.3 is 0 Å². The summed E-state index contributed by atoms with van der Waals surface area (Å²) in [6.07, 6.45) is 2.20. The van der Waals surface area contributed by atoms with Crippen LogP contribution in [0.1, 0.15) is 31.3 Å². The number of benzene rings is 1. The number of nitrogens with zero attached hydrogens (tertiary/aromatic N) is 1. The highest BCUT2D eigenvalue weighted by Crippen LogP contribution is 2.27. The van der Waals surface area contributed by atoms with Gasteiger partial charge in [-0.1, -0.05) is 32.9 Å². The van der Waals surface area contributed by atoms with Gasteiger partial charge in [-0.3, -0.25) is 0 Å². The van der Waals surface area contributed by atoms with E-state index in [1.165, 1.54) is 20.8 Å². The van der Waals surface area contributed by atoms with Crippen LogP contribution in [0.3, 0.4) is 0 Å². The Bertz CT molecular complexity index is 457. The zero-order valence-corrected chi connectivity index (χ0v) is 10.4. The van der Waals surface area contributed by atoms with E-state index >= 15 is 0 Å². The third-order valence-electron chi connectivity index (χ3n) is 2.47. The van der Waals surface area contributed by atoms with Crippen LogP contribution in [0.5, 0.6) is 0 Å². The van der Waals surface area contributed by atoms with E-state index in [2.05, 4.69) is 44.0 Å². The van der Waals surface area contributed by atoms with E-state index in [0.717, 1.165) is 12.8 Å². The van der Waals surface area contributed by atoms with Crippen LogP contribution in [0.2, 0.25) is 0 Å². The number of thiazole rings is 1. The molecule has 2 heteroatoms. The average molecular weight is 219 g/mol. The summed E-state index contributed by atoms with van der Waals surface area (Å²) in [5.74, 6) is 0.711. The normalized spacial score (nSPS) is 11.5. The molecular formula is C13H17NS. The predicted molar refractivity (Wildman–Crippen MR) is 67.5 cm³/mol. The summed E-state index contributed by atoms with van der Waals surface area (Å²) in [7, 11) is 0. The maximum absolute atomic E-state index is 4.62. The molecule has 15 heavy (non-hydrogen) atoms. The molecule has 0 N–H and O–H groups in total. The van der Waals surface area contributed by atoms with E-state index < -0.39 is 0 Å². The fourth-order valence-corrected chi connectivity index (χ4v) is 2.83. The Balaban J connectivity index is 2.49. The molecule has 0 aliphatic carbocycles. The van der Waals surface area contributed by atoms with Gasteiger partial charge in [0.05, 0.1) is 15.2 Å². The maximum Gasteiger partial charge on any atom is 0.0935 e. The Morgan fingerprint density at radius 3 is 2.80 bits per heavy atom. The molecule has 0 amide bonds. The minimum atomic E-state index is 0.711. The van der Waals surface area contributed by atoms with E-state index in [4.69, 9.17) is 0 Å². The summed E-state index contributed by atoms with van der Waals surface area (Å²) in [6.45, 7) is 6.70. The highest BCUT2D eigenvalue weighted by molar-refractivity contribution is 7.18. The Morgan fingerprint density at radius 2 is 2.13 bits per heavy atom. The summed E-state index contributed by atoms with van der Waals surface area (Å²) in [4.78, 5) is 4.62. The van der Waals surface area contributed by atoms with Crippen molar-refractivity contribution in [3.8, 4) is 0 Å². The molecule has 2 aromatic rings. The van der Waals surface area contributed by atoms with Crippen LogP contribution < -0.4 is 0 Å². The maximum atomic E-state index is 4.62. The third kappa shape index (κ3) is 2.20. The Labute approximate surface area is 95.2 Å². The number of hydrogen-bond acceptors (Lipinski definition) is 2. The van der Waals surface area contributed by atoms with Crippen molar-refractivity contribution in [2.45, 2.75) is 33.6 Å². The van der Waals surface area contributed by atoms with Crippen molar-refractivity contribution < 1.29 is 0 Å².